The first-order valence-corrected chi connectivity index (χ1v) is 7.22. The lowest BCUT2D eigenvalue weighted by Gasteiger charge is -2.04. The summed E-state index contributed by atoms with van der Waals surface area (Å²) in [4.78, 5) is 6.71. The van der Waals surface area contributed by atoms with E-state index >= 15 is 0 Å². The molecule has 0 aliphatic carbocycles. The van der Waals surface area contributed by atoms with Gasteiger partial charge in [-0.1, -0.05) is 6.92 Å². The predicted molar refractivity (Wildman–Crippen MR) is 69.6 cm³/mol. The molecule has 0 fully saturated rings. The van der Waals surface area contributed by atoms with Crippen LogP contribution in [-0.2, 0) is 30.0 Å². The summed E-state index contributed by atoms with van der Waals surface area (Å²) in [7, 11) is -1.93. The van der Waals surface area contributed by atoms with Crippen molar-refractivity contribution in [3.05, 3.63) is 23.8 Å². The number of H-pyrrole nitrogens is 1. The summed E-state index contributed by atoms with van der Waals surface area (Å²) in [5.41, 5.74) is 6.37. The lowest BCUT2D eigenvalue weighted by Crippen LogP contribution is -2.24. The van der Waals surface area contributed by atoms with Gasteiger partial charge in [-0.3, -0.25) is 4.68 Å². The Bertz CT molecular complexity index is 672. The van der Waals surface area contributed by atoms with Crippen molar-refractivity contribution in [2.45, 2.75) is 24.9 Å². The van der Waals surface area contributed by atoms with E-state index in [2.05, 4.69) is 19.8 Å². The Morgan fingerprint density at radius 3 is 2.74 bits per heavy atom. The standard InChI is InChI=1S/C10H16N6O2S/c1-3-8-12-6-9(15-8)19(17,18)14-5-7-4-13-16(2)10(7)11/h4,6,14H,3,5,11H2,1-2H3,(H,12,15). The monoisotopic (exact) mass is 284 g/mol. The summed E-state index contributed by atoms with van der Waals surface area (Å²) in [6.07, 6.45) is 3.47. The molecule has 2 heterocycles. The molecule has 0 aromatic carbocycles. The average molecular weight is 284 g/mol. The number of rotatable bonds is 5. The van der Waals surface area contributed by atoms with Gasteiger partial charge < -0.3 is 10.7 Å². The summed E-state index contributed by atoms with van der Waals surface area (Å²) >= 11 is 0. The van der Waals surface area contributed by atoms with Crippen molar-refractivity contribution in [3.63, 3.8) is 0 Å². The van der Waals surface area contributed by atoms with Crippen LogP contribution in [0, 0.1) is 0 Å². The number of hydrogen-bond acceptors (Lipinski definition) is 5. The van der Waals surface area contributed by atoms with E-state index in [-0.39, 0.29) is 11.6 Å². The van der Waals surface area contributed by atoms with Crippen LogP contribution in [0.15, 0.2) is 17.4 Å². The maximum Gasteiger partial charge on any atom is 0.257 e. The van der Waals surface area contributed by atoms with Gasteiger partial charge in [0.1, 0.15) is 11.6 Å². The number of nitrogens with two attached hydrogens (primary N) is 1. The molecular formula is C10H16N6O2S. The molecule has 0 spiro atoms. The van der Waals surface area contributed by atoms with Crippen molar-refractivity contribution in [3.8, 4) is 0 Å². The van der Waals surface area contributed by atoms with Crippen molar-refractivity contribution in [2.75, 3.05) is 5.73 Å². The highest BCUT2D eigenvalue weighted by atomic mass is 32.2. The number of nitrogens with one attached hydrogen (secondary N) is 2. The van der Waals surface area contributed by atoms with Gasteiger partial charge in [0.25, 0.3) is 10.0 Å². The molecule has 2 aromatic heterocycles. The van der Waals surface area contributed by atoms with Gasteiger partial charge in [-0.25, -0.2) is 18.1 Å². The minimum atomic E-state index is -3.62. The van der Waals surface area contributed by atoms with Crippen LogP contribution >= 0.6 is 0 Å². The van der Waals surface area contributed by atoms with Crippen LogP contribution in [0.25, 0.3) is 0 Å². The molecule has 0 amide bonds. The summed E-state index contributed by atoms with van der Waals surface area (Å²) in [6.45, 7) is 1.97. The first-order valence-electron chi connectivity index (χ1n) is 5.74. The number of aromatic amines is 1. The van der Waals surface area contributed by atoms with Crippen molar-refractivity contribution in [1.82, 2.24) is 24.5 Å². The minimum absolute atomic E-state index is 0.0480. The molecular weight excluding hydrogens is 268 g/mol. The number of aromatic nitrogens is 4. The Balaban J connectivity index is 2.11. The fourth-order valence-corrected chi connectivity index (χ4v) is 2.48. The van der Waals surface area contributed by atoms with E-state index in [0.717, 1.165) is 0 Å². The summed E-state index contributed by atoms with van der Waals surface area (Å²) < 4.78 is 27.9. The van der Waals surface area contributed by atoms with E-state index in [1.165, 1.54) is 17.1 Å². The number of hydrogen-bond donors (Lipinski definition) is 3. The van der Waals surface area contributed by atoms with Gasteiger partial charge in [0.15, 0.2) is 5.03 Å². The molecule has 0 atom stereocenters. The van der Waals surface area contributed by atoms with E-state index in [4.69, 9.17) is 5.73 Å². The zero-order chi connectivity index (χ0) is 14.0. The molecule has 2 aromatic rings. The average Bonchev–Trinajstić information content (AvgIpc) is 2.97. The number of sulfonamides is 1. The smallest absolute Gasteiger partial charge is 0.257 e. The van der Waals surface area contributed by atoms with E-state index in [9.17, 15) is 8.42 Å². The number of aryl methyl sites for hydroxylation is 2. The van der Waals surface area contributed by atoms with Crippen LogP contribution in [0.3, 0.4) is 0 Å². The maximum absolute atomic E-state index is 12.0. The fraction of sp³-hybridized carbons (Fsp3) is 0.400. The first kappa shape index (κ1) is 13.6. The predicted octanol–water partition coefficient (Wildman–Crippen LogP) is -0.234. The van der Waals surface area contributed by atoms with Crippen LogP contribution in [0.4, 0.5) is 5.82 Å². The molecule has 9 heteroatoms. The third kappa shape index (κ3) is 2.76. The van der Waals surface area contributed by atoms with E-state index < -0.39 is 10.0 Å². The van der Waals surface area contributed by atoms with E-state index in [1.807, 2.05) is 6.92 Å². The Labute approximate surface area is 111 Å². The Hall–Kier alpha value is -1.87. The van der Waals surface area contributed by atoms with Gasteiger partial charge >= 0.3 is 0 Å². The van der Waals surface area contributed by atoms with Crippen LogP contribution in [0.1, 0.15) is 18.3 Å². The lowest BCUT2D eigenvalue weighted by atomic mass is 10.3. The Morgan fingerprint density at radius 2 is 2.21 bits per heavy atom. The Morgan fingerprint density at radius 1 is 1.47 bits per heavy atom. The highest BCUT2D eigenvalue weighted by Crippen LogP contribution is 2.11. The molecule has 0 radical (unpaired) electrons. The van der Waals surface area contributed by atoms with Gasteiger partial charge in [-0.05, 0) is 0 Å². The lowest BCUT2D eigenvalue weighted by molar-refractivity contribution is 0.578. The van der Waals surface area contributed by atoms with Crippen molar-refractivity contribution in [2.24, 2.45) is 7.05 Å². The second kappa shape index (κ2) is 5.02. The van der Waals surface area contributed by atoms with Crippen LogP contribution in [0.5, 0.6) is 0 Å². The SMILES string of the molecule is CCc1ncc(S(=O)(=O)NCc2cnn(C)c2N)[nH]1. The first-order chi connectivity index (χ1) is 8.94. The van der Waals surface area contributed by atoms with Gasteiger partial charge in [0.2, 0.25) is 0 Å². The van der Waals surface area contributed by atoms with Crippen molar-refractivity contribution in [1.29, 1.82) is 0 Å². The Kier molecular flexibility index (Phi) is 3.58. The normalized spacial score (nSPS) is 11.9. The molecule has 4 N–H and O–H groups in total. The third-order valence-electron chi connectivity index (χ3n) is 2.75. The molecule has 0 unspecified atom stereocenters. The highest BCUT2D eigenvalue weighted by Gasteiger charge is 2.17. The maximum atomic E-state index is 12.0. The fourth-order valence-electron chi connectivity index (χ4n) is 1.54. The third-order valence-corrected chi connectivity index (χ3v) is 4.06. The summed E-state index contributed by atoms with van der Waals surface area (Å²) in [6, 6.07) is 0. The molecule has 0 saturated heterocycles. The van der Waals surface area contributed by atoms with Crippen LogP contribution < -0.4 is 10.5 Å². The van der Waals surface area contributed by atoms with Gasteiger partial charge in [-0.2, -0.15) is 5.10 Å². The molecule has 19 heavy (non-hydrogen) atoms. The minimum Gasteiger partial charge on any atom is -0.384 e. The molecule has 0 saturated carbocycles. The van der Waals surface area contributed by atoms with Crippen molar-refractivity contribution < 1.29 is 8.42 Å². The van der Waals surface area contributed by atoms with Crippen LogP contribution in [0.2, 0.25) is 0 Å². The van der Waals surface area contributed by atoms with Gasteiger partial charge in [0.05, 0.1) is 12.4 Å². The van der Waals surface area contributed by atoms with E-state index in [0.29, 0.717) is 23.6 Å². The largest absolute Gasteiger partial charge is 0.384 e. The number of imidazole rings is 1. The molecule has 0 aliphatic rings. The second-order valence-electron chi connectivity index (χ2n) is 4.05. The second-order valence-corrected chi connectivity index (χ2v) is 5.79. The molecule has 8 nitrogen and oxygen atoms in total. The zero-order valence-electron chi connectivity index (χ0n) is 10.7. The van der Waals surface area contributed by atoms with Crippen LogP contribution in [-0.4, -0.2) is 28.2 Å². The summed E-state index contributed by atoms with van der Waals surface area (Å²) in [5, 5.41) is 3.99. The highest BCUT2D eigenvalue weighted by molar-refractivity contribution is 7.89. The molecule has 104 valence electrons. The van der Waals surface area contributed by atoms with Gasteiger partial charge in [0, 0.05) is 25.6 Å². The van der Waals surface area contributed by atoms with Gasteiger partial charge in [-0.15, -0.1) is 0 Å². The number of nitrogen functional groups attached to an aromatic ring is 1. The number of nitrogens with zero attached hydrogens (tertiary/aromatic N) is 3. The molecule has 2 rings (SSSR count). The topological polar surface area (TPSA) is 119 Å². The quantitative estimate of drug-likeness (QED) is 0.700. The van der Waals surface area contributed by atoms with Crippen molar-refractivity contribution >= 4 is 15.8 Å². The summed E-state index contributed by atoms with van der Waals surface area (Å²) in [5.74, 6) is 1.06. The molecule has 0 aliphatic heterocycles. The molecule has 0 bridgehead atoms. The van der Waals surface area contributed by atoms with E-state index in [1.54, 1.807) is 7.05 Å². The zero-order valence-corrected chi connectivity index (χ0v) is 11.5. The number of anilines is 1.